The first-order chi connectivity index (χ1) is 19.0. The number of halogens is 2. The summed E-state index contributed by atoms with van der Waals surface area (Å²) >= 11 is 0. The molecule has 11 heteroatoms. The lowest BCUT2D eigenvalue weighted by Crippen LogP contribution is -2.56. The predicted octanol–water partition coefficient (Wildman–Crippen LogP) is 5.40. The summed E-state index contributed by atoms with van der Waals surface area (Å²) in [6.45, 7) is 12.0. The summed E-state index contributed by atoms with van der Waals surface area (Å²) in [4.78, 5) is 26.8. The molecule has 2 aromatic heterocycles. The first-order valence-electron chi connectivity index (χ1n) is 13.6. The molecule has 0 radical (unpaired) electrons. The maximum absolute atomic E-state index is 15.3. The number of piperazine rings is 1. The molecule has 1 aromatic carbocycles. The zero-order chi connectivity index (χ0) is 28.6. The molecule has 5 rings (SSSR count). The molecule has 1 unspecified atom stereocenters. The second-order valence-electron chi connectivity index (χ2n) is 11.7. The molecule has 9 nitrogen and oxygen atoms in total. The Balaban J connectivity index is 1.55. The molecule has 2 aliphatic heterocycles. The number of rotatable bonds is 5. The fourth-order valence-corrected chi connectivity index (χ4v) is 5.67. The minimum Gasteiger partial charge on any atom is -0.465 e. The number of fused-ring (bicyclic) bond motifs is 1. The molecule has 214 valence electrons. The molecule has 0 saturated carbocycles. The van der Waals surface area contributed by atoms with Gasteiger partial charge in [0.05, 0.1) is 59.6 Å². The Morgan fingerprint density at radius 1 is 1.10 bits per heavy atom. The first-order valence-corrected chi connectivity index (χ1v) is 13.6. The van der Waals surface area contributed by atoms with E-state index >= 15 is 4.39 Å². The summed E-state index contributed by atoms with van der Waals surface area (Å²) in [5.74, 6) is -0.852. The van der Waals surface area contributed by atoms with E-state index in [1.54, 1.807) is 12.4 Å². The van der Waals surface area contributed by atoms with Gasteiger partial charge in [0.1, 0.15) is 17.5 Å². The maximum atomic E-state index is 15.3. The second-order valence-corrected chi connectivity index (χ2v) is 11.7. The van der Waals surface area contributed by atoms with Gasteiger partial charge in [0, 0.05) is 50.4 Å². The zero-order valence-corrected chi connectivity index (χ0v) is 23.4. The van der Waals surface area contributed by atoms with Gasteiger partial charge in [-0.25, -0.2) is 18.6 Å². The van der Waals surface area contributed by atoms with Gasteiger partial charge in [0.15, 0.2) is 0 Å². The quantitative estimate of drug-likeness (QED) is 0.433. The largest absolute Gasteiger partial charge is 0.465 e. The van der Waals surface area contributed by atoms with E-state index in [1.807, 2.05) is 17.9 Å². The number of benzene rings is 1. The molecule has 2 saturated heterocycles. The number of nitrogens with one attached hydrogen (secondary N) is 1. The Kier molecular flexibility index (Phi) is 7.67. The van der Waals surface area contributed by atoms with Crippen LogP contribution in [-0.2, 0) is 4.74 Å². The highest BCUT2D eigenvalue weighted by molar-refractivity contribution is 5.97. The molecule has 40 heavy (non-hydrogen) atoms. The van der Waals surface area contributed by atoms with Crippen molar-refractivity contribution in [2.45, 2.75) is 40.2 Å². The lowest BCUT2D eigenvalue weighted by molar-refractivity contribution is 0.102. The lowest BCUT2D eigenvalue weighted by Gasteiger charge is -2.43. The smallest absolute Gasteiger partial charge is 0.407 e. The number of hydrogen-bond donors (Lipinski definition) is 2. The van der Waals surface area contributed by atoms with Gasteiger partial charge in [-0.2, -0.15) is 0 Å². The van der Waals surface area contributed by atoms with E-state index in [1.165, 1.54) is 11.0 Å². The minimum atomic E-state index is -0.948. The monoisotopic (exact) mass is 554 g/mol. The van der Waals surface area contributed by atoms with E-state index in [2.05, 4.69) is 36.0 Å². The summed E-state index contributed by atoms with van der Waals surface area (Å²) in [5, 5.41) is 13.4. The number of morpholine rings is 1. The molecule has 4 heterocycles. The molecule has 2 aliphatic rings. The van der Waals surface area contributed by atoms with Crippen molar-refractivity contribution in [1.29, 1.82) is 0 Å². The number of anilines is 4. The number of carbonyl (C=O) groups is 1. The Bertz CT molecular complexity index is 1410. The third-order valence-corrected chi connectivity index (χ3v) is 7.47. The van der Waals surface area contributed by atoms with Crippen molar-refractivity contribution in [3.05, 3.63) is 47.8 Å². The number of aromatic nitrogens is 2. The van der Waals surface area contributed by atoms with Crippen LogP contribution in [0.5, 0.6) is 0 Å². The van der Waals surface area contributed by atoms with Crippen molar-refractivity contribution in [1.82, 2.24) is 14.9 Å². The van der Waals surface area contributed by atoms with E-state index in [0.29, 0.717) is 62.0 Å². The number of hydrogen-bond acceptors (Lipinski definition) is 7. The molecule has 3 aromatic rings. The lowest BCUT2D eigenvalue weighted by atomic mass is 9.86. The van der Waals surface area contributed by atoms with Crippen LogP contribution in [0.3, 0.4) is 0 Å². The third-order valence-electron chi connectivity index (χ3n) is 7.47. The second kappa shape index (κ2) is 11.0. The Hall–Kier alpha value is -3.73. The van der Waals surface area contributed by atoms with E-state index < -0.39 is 17.7 Å². The Morgan fingerprint density at radius 2 is 1.85 bits per heavy atom. The topological polar surface area (TPSA) is 94.1 Å². The normalized spacial score (nSPS) is 18.4. The van der Waals surface area contributed by atoms with Gasteiger partial charge < -0.3 is 29.9 Å². The summed E-state index contributed by atoms with van der Waals surface area (Å²) in [6, 6.07) is 3.80. The molecule has 1 amide bonds. The highest BCUT2D eigenvalue weighted by Gasteiger charge is 2.34. The summed E-state index contributed by atoms with van der Waals surface area (Å²) in [5.41, 5.74) is 2.84. The highest BCUT2D eigenvalue weighted by Crippen LogP contribution is 2.38. The van der Waals surface area contributed by atoms with E-state index in [9.17, 15) is 14.3 Å². The number of amides is 1. The van der Waals surface area contributed by atoms with Gasteiger partial charge >= 0.3 is 6.09 Å². The SMILES string of the molecule is Cc1c(N2CCN(C(=O)O)C(CC(C)(C)C)C2)nc2cc(F)cc(F)c2c1Nc1cncc(N2CCOCC2)c1. The van der Waals surface area contributed by atoms with Gasteiger partial charge in [-0.15, -0.1) is 0 Å². The van der Waals surface area contributed by atoms with E-state index in [-0.39, 0.29) is 22.4 Å². The van der Waals surface area contributed by atoms with Gasteiger partial charge in [-0.3, -0.25) is 4.98 Å². The van der Waals surface area contributed by atoms with Crippen LogP contribution in [0.25, 0.3) is 10.9 Å². The van der Waals surface area contributed by atoms with Crippen LogP contribution in [0.4, 0.5) is 36.5 Å². The van der Waals surface area contributed by atoms with Crippen LogP contribution >= 0.6 is 0 Å². The van der Waals surface area contributed by atoms with Gasteiger partial charge in [-0.1, -0.05) is 20.8 Å². The molecular formula is C29H36F2N6O3. The predicted molar refractivity (Wildman–Crippen MR) is 152 cm³/mol. The van der Waals surface area contributed by atoms with Crippen LogP contribution in [0.15, 0.2) is 30.6 Å². The molecular weight excluding hydrogens is 518 g/mol. The summed E-state index contributed by atoms with van der Waals surface area (Å²) < 4.78 is 35.1. The highest BCUT2D eigenvalue weighted by atomic mass is 19.1. The number of carboxylic acid groups (broad SMARTS) is 1. The average molecular weight is 555 g/mol. The summed E-state index contributed by atoms with van der Waals surface area (Å²) in [7, 11) is 0. The van der Waals surface area contributed by atoms with Crippen molar-refractivity contribution < 1.29 is 23.4 Å². The molecule has 1 atom stereocenters. The first kappa shape index (κ1) is 27.8. The van der Waals surface area contributed by atoms with Crippen molar-refractivity contribution in [2.24, 2.45) is 5.41 Å². The molecule has 2 fully saturated rings. The molecule has 0 aliphatic carbocycles. The average Bonchev–Trinajstić information content (AvgIpc) is 2.89. The fraction of sp³-hybridized carbons (Fsp3) is 0.483. The van der Waals surface area contributed by atoms with Crippen molar-refractivity contribution in [3.8, 4) is 0 Å². The van der Waals surface area contributed by atoms with Crippen LogP contribution in [-0.4, -0.2) is 78.0 Å². The minimum absolute atomic E-state index is 0.0926. The number of nitrogens with zero attached hydrogens (tertiary/aromatic N) is 5. The van der Waals surface area contributed by atoms with Crippen LogP contribution < -0.4 is 15.1 Å². The molecule has 0 bridgehead atoms. The van der Waals surface area contributed by atoms with Crippen LogP contribution in [0, 0.1) is 24.0 Å². The number of ether oxygens (including phenoxy) is 1. The van der Waals surface area contributed by atoms with E-state index in [4.69, 9.17) is 9.72 Å². The standard InChI is InChI=1S/C29H36F2N6O3/c1-18-26(33-20-13-21(16-32-15-20)35-7-9-40-10-8-35)25-23(31)11-19(30)12-24(25)34-27(18)36-5-6-37(28(38)39)22(17-36)14-29(2,3)4/h11-13,15-16,22H,5-10,14,17H2,1-4H3,(H,33,34)(H,38,39). The van der Waals surface area contributed by atoms with Crippen LogP contribution in [0.2, 0.25) is 0 Å². The molecule has 0 spiro atoms. The summed E-state index contributed by atoms with van der Waals surface area (Å²) in [6.07, 6.45) is 3.17. The van der Waals surface area contributed by atoms with Gasteiger partial charge in [0.25, 0.3) is 0 Å². The van der Waals surface area contributed by atoms with Gasteiger partial charge in [0.2, 0.25) is 0 Å². The van der Waals surface area contributed by atoms with E-state index in [0.717, 1.165) is 24.8 Å². The number of pyridine rings is 2. The Labute approximate surface area is 232 Å². The van der Waals surface area contributed by atoms with Gasteiger partial charge in [-0.05, 0) is 24.8 Å². The third kappa shape index (κ3) is 5.89. The molecule has 2 N–H and O–H groups in total. The zero-order valence-electron chi connectivity index (χ0n) is 23.4. The fourth-order valence-electron chi connectivity index (χ4n) is 5.67. The van der Waals surface area contributed by atoms with Crippen LogP contribution in [0.1, 0.15) is 32.8 Å². The van der Waals surface area contributed by atoms with Crippen molar-refractivity contribution in [3.63, 3.8) is 0 Å². The maximum Gasteiger partial charge on any atom is 0.407 e. The van der Waals surface area contributed by atoms with Crippen molar-refractivity contribution in [2.75, 3.05) is 61.1 Å². The van der Waals surface area contributed by atoms with Crippen molar-refractivity contribution >= 4 is 39.9 Å². The Morgan fingerprint density at radius 3 is 2.55 bits per heavy atom.